The summed E-state index contributed by atoms with van der Waals surface area (Å²) in [4.78, 5) is 49.1. The van der Waals surface area contributed by atoms with Crippen LogP contribution in [0, 0.1) is 11.3 Å². The van der Waals surface area contributed by atoms with Gasteiger partial charge in [0.1, 0.15) is 0 Å². The van der Waals surface area contributed by atoms with Crippen molar-refractivity contribution in [2.45, 2.75) is 32.6 Å². The lowest BCUT2D eigenvalue weighted by atomic mass is 9.72. The predicted molar refractivity (Wildman–Crippen MR) is 78.1 cm³/mol. The van der Waals surface area contributed by atoms with Crippen molar-refractivity contribution in [3.05, 3.63) is 0 Å². The standard InChI is InChI=1S/C15H24O8/c1-6-7-8-9-10(11(16)20-2)15(12(17)21-3,13(18)22-4)14(19)23-5/h10H,6-9H2,1-5H3. The summed E-state index contributed by atoms with van der Waals surface area (Å²) in [6, 6.07) is 0. The molecule has 1 unspecified atom stereocenters. The average molecular weight is 332 g/mol. The fourth-order valence-electron chi connectivity index (χ4n) is 2.41. The van der Waals surface area contributed by atoms with E-state index in [1.54, 1.807) is 0 Å². The highest BCUT2D eigenvalue weighted by Gasteiger charge is 2.64. The SMILES string of the molecule is CCCCCC(C(=O)OC)C(C(=O)OC)(C(=O)OC)C(=O)OC. The molecule has 0 saturated heterocycles. The molecule has 0 aliphatic heterocycles. The molecule has 0 aliphatic carbocycles. The lowest BCUT2D eigenvalue weighted by molar-refractivity contribution is -0.191. The molecule has 1 atom stereocenters. The van der Waals surface area contributed by atoms with E-state index in [9.17, 15) is 19.2 Å². The topological polar surface area (TPSA) is 105 Å². The van der Waals surface area contributed by atoms with Crippen molar-refractivity contribution in [1.29, 1.82) is 0 Å². The van der Waals surface area contributed by atoms with Gasteiger partial charge >= 0.3 is 23.9 Å². The van der Waals surface area contributed by atoms with Crippen LogP contribution < -0.4 is 0 Å². The smallest absolute Gasteiger partial charge is 0.335 e. The Balaban J connectivity index is 6.16. The summed E-state index contributed by atoms with van der Waals surface area (Å²) in [6.45, 7) is 1.95. The fourth-order valence-corrected chi connectivity index (χ4v) is 2.41. The Labute approximate surface area is 135 Å². The van der Waals surface area contributed by atoms with Crippen LogP contribution in [0.5, 0.6) is 0 Å². The van der Waals surface area contributed by atoms with Crippen molar-refractivity contribution in [1.82, 2.24) is 0 Å². The number of carbonyl (C=O) groups excluding carboxylic acids is 4. The molecule has 0 bridgehead atoms. The zero-order chi connectivity index (χ0) is 18.0. The zero-order valence-corrected chi connectivity index (χ0v) is 14.2. The number of carbonyl (C=O) groups is 4. The first-order chi connectivity index (χ1) is 10.9. The normalized spacial score (nSPS) is 12.0. The minimum absolute atomic E-state index is 0.0693. The third-order valence-corrected chi connectivity index (χ3v) is 3.63. The monoisotopic (exact) mass is 332 g/mol. The number of rotatable bonds is 9. The second-order valence-corrected chi connectivity index (χ2v) is 4.85. The van der Waals surface area contributed by atoms with Gasteiger partial charge in [0.15, 0.2) is 0 Å². The van der Waals surface area contributed by atoms with Crippen molar-refractivity contribution >= 4 is 23.9 Å². The van der Waals surface area contributed by atoms with Crippen molar-refractivity contribution in [2.24, 2.45) is 11.3 Å². The molecule has 0 radical (unpaired) electrons. The minimum Gasteiger partial charge on any atom is -0.469 e. The summed E-state index contributed by atoms with van der Waals surface area (Å²) in [7, 11) is 4.11. The Morgan fingerprint density at radius 1 is 0.783 bits per heavy atom. The van der Waals surface area contributed by atoms with Gasteiger partial charge in [-0.3, -0.25) is 19.2 Å². The number of ether oxygens (including phenoxy) is 4. The summed E-state index contributed by atoms with van der Waals surface area (Å²) < 4.78 is 18.5. The molecular formula is C15H24O8. The third kappa shape index (κ3) is 4.20. The van der Waals surface area contributed by atoms with E-state index in [2.05, 4.69) is 18.9 Å². The van der Waals surface area contributed by atoms with E-state index in [1.807, 2.05) is 6.92 Å². The number of unbranched alkanes of at least 4 members (excludes halogenated alkanes) is 2. The first-order valence-corrected chi connectivity index (χ1v) is 7.21. The van der Waals surface area contributed by atoms with E-state index in [0.29, 0.717) is 6.42 Å². The summed E-state index contributed by atoms with van der Waals surface area (Å²) in [5, 5.41) is 0. The molecule has 0 amide bonds. The van der Waals surface area contributed by atoms with Crippen LogP contribution in [-0.4, -0.2) is 52.3 Å². The molecule has 8 heteroatoms. The molecule has 0 fully saturated rings. The summed E-state index contributed by atoms with van der Waals surface area (Å²) in [5.74, 6) is -5.94. The zero-order valence-electron chi connectivity index (χ0n) is 14.2. The maximum atomic E-state index is 12.3. The van der Waals surface area contributed by atoms with Gasteiger partial charge in [-0.15, -0.1) is 0 Å². The Morgan fingerprint density at radius 2 is 1.22 bits per heavy atom. The molecule has 0 rings (SSSR count). The molecule has 0 heterocycles. The molecule has 23 heavy (non-hydrogen) atoms. The molecule has 0 spiro atoms. The highest BCUT2D eigenvalue weighted by molar-refractivity contribution is 6.20. The van der Waals surface area contributed by atoms with Crippen molar-refractivity contribution in [3.63, 3.8) is 0 Å². The van der Waals surface area contributed by atoms with Gasteiger partial charge in [0, 0.05) is 0 Å². The minimum atomic E-state index is -2.54. The molecule has 0 aliphatic rings. The number of hydrogen-bond donors (Lipinski definition) is 0. The average Bonchev–Trinajstić information content (AvgIpc) is 2.58. The van der Waals surface area contributed by atoms with Gasteiger partial charge in [0.2, 0.25) is 0 Å². The van der Waals surface area contributed by atoms with E-state index in [-0.39, 0.29) is 6.42 Å². The van der Waals surface area contributed by atoms with Crippen LogP contribution in [0.25, 0.3) is 0 Å². The Bertz CT molecular complexity index is 402. The molecule has 132 valence electrons. The predicted octanol–water partition coefficient (Wildman–Crippen LogP) is 0.861. The van der Waals surface area contributed by atoms with Gasteiger partial charge in [-0.25, -0.2) is 0 Å². The van der Waals surface area contributed by atoms with Crippen LogP contribution in [0.4, 0.5) is 0 Å². The largest absolute Gasteiger partial charge is 0.469 e. The lowest BCUT2D eigenvalue weighted by Gasteiger charge is -2.31. The van der Waals surface area contributed by atoms with Crippen molar-refractivity contribution in [2.75, 3.05) is 28.4 Å². The van der Waals surface area contributed by atoms with Gasteiger partial charge in [-0.2, -0.15) is 0 Å². The summed E-state index contributed by atoms with van der Waals surface area (Å²) in [6.07, 6.45) is 2.16. The van der Waals surface area contributed by atoms with Gasteiger partial charge in [-0.05, 0) is 6.42 Å². The maximum Gasteiger partial charge on any atom is 0.335 e. The first-order valence-electron chi connectivity index (χ1n) is 7.21. The third-order valence-electron chi connectivity index (χ3n) is 3.63. The van der Waals surface area contributed by atoms with Crippen LogP contribution in [-0.2, 0) is 38.1 Å². The second kappa shape index (κ2) is 9.81. The van der Waals surface area contributed by atoms with Crippen molar-refractivity contribution in [3.8, 4) is 0 Å². The van der Waals surface area contributed by atoms with E-state index in [0.717, 1.165) is 41.3 Å². The quantitative estimate of drug-likeness (QED) is 0.265. The maximum absolute atomic E-state index is 12.3. The number of methoxy groups -OCH3 is 4. The van der Waals surface area contributed by atoms with E-state index in [1.165, 1.54) is 0 Å². The Hall–Kier alpha value is -2.12. The molecule has 8 nitrogen and oxygen atoms in total. The Morgan fingerprint density at radius 3 is 1.52 bits per heavy atom. The van der Waals surface area contributed by atoms with Gasteiger partial charge in [0.25, 0.3) is 5.41 Å². The molecule has 0 saturated carbocycles. The van der Waals surface area contributed by atoms with Crippen LogP contribution in [0.3, 0.4) is 0 Å². The highest BCUT2D eigenvalue weighted by Crippen LogP contribution is 2.37. The summed E-state index contributed by atoms with van der Waals surface area (Å²) >= 11 is 0. The highest BCUT2D eigenvalue weighted by atomic mass is 16.6. The number of esters is 4. The van der Waals surface area contributed by atoms with Crippen LogP contribution in [0.15, 0.2) is 0 Å². The molecule has 0 aromatic carbocycles. The van der Waals surface area contributed by atoms with Gasteiger partial charge in [-0.1, -0.05) is 26.2 Å². The molecule has 0 N–H and O–H groups in total. The molecule has 0 aromatic heterocycles. The van der Waals surface area contributed by atoms with Crippen LogP contribution in [0.1, 0.15) is 32.6 Å². The first kappa shape index (κ1) is 20.9. The van der Waals surface area contributed by atoms with Gasteiger partial charge < -0.3 is 18.9 Å². The Kier molecular flexibility index (Phi) is 8.90. The fraction of sp³-hybridized carbons (Fsp3) is 0.733. The van der Waals surface area contributed by atoms with E-state index >= 15 is 0 Å². The summed E-state index contributed by atoms with van der Waals surface area (Å²) in [5.41, 5.74) is -2.54. The second-order valence-electron chi connectivity index (χ2n) is 4.85. The van der Waals surface area contributed by atoms with Gasteiger partial charge in [0.05, 0.1) is 34.4 Å². The van der Waals surface area contributed by atoms with Crippen LogP contribution >= 0.6 is 0 Å². The van der Waals surface area contributed by atoms with Crippen LogP contribution in [0.2, 0.25) is 0 Å². The number of hydrogen-bond acceptors (Lipinski definition) is 8. The van der Waals surface area contributed by atoms with E-state index in [4.69, 9.17) is 0 Å². The van der Waals surface area contributed by atoms with Crippen molar-refractivity contribution < 1.29 is 38.1 Å². The lowest BCUT2D eigenvalue weighted by Crippen LogP contribution is -2.56. The van der Waals surface area contributed by atoms with E-state index < -0.39 is 35.2 Å². The molecule has 0 aromatic rings. The molecular weight excluding hydrogens is 308 g/mol.